The van der Waals surface area contributed by atoms with Gasteiger partial charge in [-0.15, -0.1) is 0 Å². The minimum Gasteiger partial charge on any atom is -0.315 e. The zero-order chi connectivity index (χ0) is 14.0. The van der Waals surface area contributed by atoms with Crippen LogP contribution in [-0.2, 0) is 12.8 Å². The first-order chi connectivity index (χ1) is 9.67. The molecule has 0 aromatic heterocycles. The van der Waals surface area contributed by atoms with Gasteiger partial charge in [0.1, 0.15) is 5.82 Å². The molecular formula is C18H20FN. The fourth-order valence-electron chi connectivity index (χ4n) is 3.05. The van der Waals surface area contributed by atoms with Crippen LogP contribution in [0.25, 0.3) is 0 Å². The van der Waals surface area contributed by atoms with Crippen molar-refractivity contribution in [2.75, 3.05) is 13.1 Å². The molecule has 3 rings (SSSR count). The van der Waals surface area contributed by atoms with Gasteiger partial charge < -0.3 is 5.32 Å². The summed E-state index contributed by atoms with van der Waals surface area (Å²) >= 11 is 0. The summed E-state index contributed by atoms with van der Waals surface area (Å²) in [6.45, 7) is 4.09. The first kappa shape index (κ1) is 13.3. The molecule has 20 heavy (non-hydrogen) atoms. The third-order valence-corrected chi connectivity index (χ3v) is 4.30. The molecule has 0 spiro atoms. The zero-order valence-electron chi connectivity index (χ0n) is 11.8. The van der Waals surface area contributed by atoms with E-state index < -0.39 is 0 Å². The number of nitrogens with one attached hydrogen (secondary N) is 1. The van der Waals surface area contributed by atoms with Crippen molar-refractivity contribution in [1.29, 1.82) is 0 Å². The monoisotopic (exact) mass is 269 g/mol. The van der Waals surface area contributed by atoms with Crippen molar-refractivity contribution in [3.05, 3.63) is 71.0 Å². The Morgan fingerprint density at radius 3 is 2.45 bits per heavy atom. The van der Waals surface area contributed by atoms with Crippen LogP contribution in [0.5, 0.6) is 0 Å². The Hall–Kier alpha value is -1.67. The highest BCUT2D eigenvalue weighted by atomic mass is 19.1. The Labute approximate surface area is 119 Å². The van der Waals surface area contributed by atoms with Crippen molar-refractivity contribution in [2.45, 2.75) is 19.8 Å². The molecule has 2 aromatic rings. The molecule has 0 aliphatic carbocycles. The summed E-state index contributed by atoms with van der Waals surface area (Å²) in [5.74, 6) is -0.132. The fourth-order valence-corrected chi connectivity index (χ4v) is 3.05. The van der Waals surface area contributed by atoms with Gasteiger partial charge in [0.25, 0.3) is 0 Å². The lowest BCUT2D eigenvalue weighted by molar-refractivity contribution is 0.166. The maximum absolute atomic E-state index is 13.5. The molecule has 1 heterocycles. The smallest absolute Gasteiger partial charge is 0.123 e. The lowest BCUT2D eigenvalue weighted by Crippen LogP contribution is -2.56. The molecule has 2 heteroatoms. The Kier molecular flexibility index (Phi) is 3.58. The number of hydrogen-bond acceptors (Lipinski definition) is 1. The topological polar surface area (TPSA) is 12.0 Å². The standard InChI is InChI=1S/C18H20FN/c1-14-7-8-17(19)9-16(14)11-18(12-20-13-18)10-15-5-3-2-4-6-15/h2-9,20H,10-13H2,1H3. The first-order valence-electron chi connectivity index (χ1n) is 7.17. The van der Waals surface area contributed by atoms with Gasteiger partial charge in [-0.3, -0.25) is 0 Å². The van der Waals surface area contributed by atoms with E-state index in [0.717, 1.165) is 31.5 Å². The highest BCUT2D eigenvalue weighted by molar-refractivity contribution is 5.29. The van der Waals surface area contributed by atoms with E-state index >= 15 is 0 Å². The summed E-state index contributed by atoms with van der Waals surface area (Å²) in [7, 11) is 0. The van der Waals surface area contributed by atoms with Crippen molar-refractivity contribution in [3.8, 4) is 0 Å². The molecule has 0 radical (unpaired) electrons. The molecule has 104 valence electrons. The van der Waals surface area contributed by atoms with Crippen LogP contribution in [0.15, 0.2) is 48.5 Å². The Morgan fingerprint density at radius 1 is 1.05 bits per heavy atom. The second-order valence-corrected chi connectivity index (χ2v) is 6.01. The van der Waals surface area contributed by atoms with Crippen LogP contribution in [0, 0.1) is 18.2 Å². The van der Waals surface area contributed by atoms with Crippen molar-refractivity contribution < 1.29 is 4.39 Å². The minimum atomic E-state index is -0.132. The maximum atomic E-state index is 13.5. The number of rotatable bonds is 4. The van der Waals surface area contributed by atoms with Gasteiger partial charge in [-0.25, -0.2) is 4.39 Å². The molecule has 2 aromatic carbocycles. The van der Waals surface area contributed by atoms with Gasteiger partial charge in [0.15, 0.2) is 0 Å². The third kappa shape index (κ3) is 2.75. The Balaban J connectivity index is 1.81. The summed E-state index contributed by atoms with van der Waals surface area (Å²) in [6.07, 6.45) is 2.00. The van der Waals surface area contributed by atoms with Gasteiger partial charge in [-0.2, -0.15) is 0 Å². The number of halogens is 1. The molecule has 0 saturated carbocycles. The third-order valence-electron chi connectivity index (χ3n) is 4.30. The fraction of sp³-hybridized carbons (Fsp3) is 0.333. The van der Waals surface area contributed by atoms with Crippen LogP contribution in [0.1, 0.15) is 16.7 Å². The van der Waals surface area contributed by atoms with Crippen molar-refractivity contribution in [1.82, 2.24) is 5.32 Å². The summed E-state index contributed by atoms with van der Waals surface area (Å²) in [5, 5.41) is 3.38. The number of aryl methyl sites for hydroxylation is 1. The number of benzene rings is 2. The van der Waals surface area contributed by atoms with Crippen LogP contribution in [-0.4, -0.2) is 13.1 Å². The van der Waals surface area contributed by atoms with E-state index in [2.05, 4.69) is 36.5 Å². The quantitative estimate of drug-likeness (QED) is 0.895. The summed E-state index contributed by atoms with van der Waals surface area (Å²) in [4.78, 5) is 0. The SMILES string of the molecule is Cc1ccc(F)cc1CC1(Cc2ccccc2)CNC1. The van der Waals surface area contributed by atoms with Crippen LogP contribution >= 0.6 is 0 Å². The number of hydrogen-bond donors (Lipinski definition) is 1. The molecule has 1 nitrogen and oxygen atoms in total. The predicted octanol–water partition coefficient (Wildman–Crippen LogP) is 3.51. The van der Waals surface area contributed by atoms with E-state index in [9.17, 15) is 4.39 Å². The highest BCUT2D eigenvalue weighted by Gasteiger charge is 2.37. The lowest BCUT2D eigenvalue weighted by atomic mass is 9.71. The predicted molar refractivity (Wildman–Crippen MR) is 80.3 cm³/mol. The second kappa shape index (κ2) is 5.37. The molecular weight excluding hydrogens is 249 g/mol. The summed E-state index contributed by atoms with van der Waals surface area (Å²) in [5.41, 5.74) is 3.93. The van der Waals surface area contributed by atoms with Crippen molar-refractivity contribution in [2.24, 2.45) is 5.41 Å². The van der Waals surface area contributed by atoms with Crippen molar-refractivity contribution in [3.63, 3.8) is 0 Å². The van der Waals surface area contributed by atoms with Gasteiger partial charge in [-0.1, -0.05) is 36.4 Å². The summed E-state index contributed by atoms with van der Waals surface area (Å²) in [6, 6.07) is 15.7. The molecule has 1 aliphatic heterocycles. The maximum Gasteiger partial charge on any atom is 0.123 e. The van der Waals surface area contributed by atoms with E-state index in [-0.39, 0.29) is 11.2 Å². The minimum absolute atomic E-state index is 0.132. The van der Waals surface area contributed by atoms with Gasteiger partial charge in [-0.05, 0) is 48.6 Å². The molecule has 1 aliphatic rings. The Morgan fingerprint density at radius 2 is 1.80 bits per heavy atom. The van der Waals surface area contributed by atoms with E-state index in [1.54, 1.807) is 12.1 Å². The van der Waals surface area contributed by atoms with E-state index in [0.29, 0.717) is 0 Å². The van der Waals surface area contributed by atoms with Crippen LogP contribution < -0.4 is 5.32 Å². The molecule has 0 unspecified atom stereocenters. The van der Waals surface area contributed by atoms with Crippen LogP contribution in [0.2, 0.25) is 0 Å². The molecule has 0 bridgehead atoms. The summed E-state index contributed by atoms with van der Waals surface area (Å²) < 4.78 is 13.5. The van der Waals surface area contributed by atoms with Crippen LogP contribution in [0.4, 0.5) is 4.39 Å². The second-order valence-electron chi connectivity index (χ2n) is 6.01. The van der Waals surface area contributed by atoms with Gasteiger partial charge in [0.05, 0.1) is 0 Å². The average Bonchev–Trinajstić information content (AvgIpc) is 2.41. The molecule has 1 N–H and O–H groups in total. The van der Waals surface area contributed by atoms with E-state index in [1.807, 2.05) is 12.1 Å². The molecule has 0 amide bonds. The molecule has 0 atom stereocenters. The Bertz CT molecular complexity index is 588. The molecule has 1 fully saturated rings. The lowest BCUT2D eigenvalue weighted by Gasteiger charge is -2.43. The van der Waals surface area contributed by atoms with Gasteiger partial charge in [0, 0.05) is 18.5 Å². The normalized spacial score (nSPS) is 16.7. The van der Waals surface area contributed by atoms with Gasteiger partial charge in [0.2, 0.25) is 0 Å². The van der Waals surface area contributed by atoms with Crippen LogP contribution in [0.3, 0.4) is 0 Å². The van der Waals surface area contributed by atoms with E-state index in [4.69, 9.17) is 0 Å². The largest absolute Gasteiger partial charge is 0.315 e. The van der Waals surface area contributed by atoms with Gasteiger partial charge >= 0.3 is 0 Å². The molecule has 1 saturated heterocycles. The zero-order valence-corrected chi connectivity index (χ0v) is 11.8. The highest BCUT2D eigenvalue weighted by Crippen LogP contribution is 2.33. The van der Waals surface area contributed by atoms with E-state index in [1.165, 1.54) is 11.1 Å². The first-order valence-corrected chi connectivity index (χ1v) is 7.17. The van der Waals surface area contributed by atoms with Crippen molar-refractivity contribution >= 4 is 0 Å². The average molecular weight is 269 g/mol.